The number of hydrogen-bond donors (Lipinski definition) is 1. The Balaban J connectivity index is 1.53. The van der Waals surface area contributed by atoms with Gasteiger partial charge in [-0.15, -0.1) is 0 Å². The Hall–Kier alpha value is -2.08. The second kappa shape index (κ2) is 7.00. The van der Waals surface area contributed by atoms with Crippen molar-refractivity contribution in [2.75, 3.05) is 31.7 Å². The normalized spacial score (nSPS) is 20.9. The molecule has 0 unspecified atom stereocenters. The number of nitrogens with zero attached hydrogens (tertiary/aromatic N) is 1. The fourth-order valence-electron chi connectivity index (χ4n) is 2.58. The van der Waals surface area contributed by atoms with Crippen LogP contribution in [0.4, 0.5) is 5.69 Å². The van der Waals surface area contributed by atoms with Crippen LogP contribution in [0.2, 0.25) is 0 Å². The summed E-state index contributed by atoms with van der Waals surface area (Å²) in [7, 11) is 0. The van der Waals surface area contributed by atoms with Crippen LogP contribution in [0, 0.1) is 5.92 Å². The summed E-state index contributed by atoms with van der Waals surface area (Å²) in [5.74, 6) is 0.741. The third-order valence-electron chi connectivity index (χ3n) is 4.10. The molecule has 0 radical (unpaired) electrons. The number of nitrogens with one attached hydrogen (secondary N) is 1. The Morgan fingerprint density at radius 3 is 2.96 bits per heavy atom. The van der Waals surface area contributed by atoms with Gasteiger partial charge < -0.3 is 19.7 Å². The minimum absolute atomic E-state index is 0.00956. The molecule has 2 aliphatic rings. The zero-order chi connectivity index (χ0) is 16.2. The van der Waals surface area contributed by atoms with E-state index in [1.807, 2.05) is 13.0 Å². The fraction of sp³-hybridized carbons (Fsp3) is 0.529. The Morgan fingerprint density at radius 2 is 2.22 bits per heavy atom. The number of rotatable bonds is 5. The molecule has 6 nitrogen and oxygen atoms in total. The molecule has 1 atom stereocenters. The molecular weight excluding hydrogens is 296 g/mol. The predicted octanol–water partition coefficient (Wildman–Crippen LogP) is 1.66. The number of amides is 2. The minimum Gasteiger partial charge on any atom is -0.484 e. The third kappa shape index (κ3) is 4.22. The van der Waals surface area contributed by atoms with Gasteiger partial charge in [0.05, 0.1) is 19.3 Å². The first kappa shape index (κ1) is 15.8. The Labute approximate surface area is 135 Å². The summed E-state index contributed by atoms with van der Waals surface area (Å²) < 4.78 is 10.9. The number of morpholine rings is 1. The highest BCUT2D eigenvalue weighted by Crippen LogP contribution is 2.30. The average molecular weight is 318 g/mol. The lowest BCUT2D eigenvalue weighted by Crippen LogP contribution is -2.48. The smallest absolute Gasteiger partial charge is 0.260 e. The number of carbonyl (C=O) groups is 2. The summed E-state index contributed by atoms with van der Waals surface area (Å²) in [5, 5.41) is 2.87. The Morgan fingerprint density at radius 1 is 1.39 bits per heavy atom. The van der Waals surface area contributed by atoms with Gasteiger partial charge in [-0.3, -0.25) is 9.59 Å². The zero-order valence-corrected chi connectivity index (χ0v) is 13.3. The van der Waals surface area contributed by atoms with Crippen LogP contribution in [0.5, 0.6) is 5.75 Å². The van der Waals surface area contributed by atoms with E-state index in [1.54, 1.807) is 23.1 Å². The molecule has 1 aliphatic heterocycles. The maximum atomic E-state index is 12.2. The van der Waals surface area contributed by atoms with Crippen LogP contribution in [0.25, 0.3) is 0 Å². The van der Waals surface area contributed by atoms with Gasteiger partial charge >= 0.3 is 0 Å². The van der Waals surface area contributed by atoms with Crippen molar-refractivity contribution in [3.05, 3.63) is 24.3 Å². The van der Waals surface area contributed by atoms with Gasteiger partial charge in [0.1, 0.15) is 5.75 Å². The number of benzene rings is 1. The number of hydrogen-bond acceptors (Lipinski definition) is 4. The summed E-state index contributed by atoms with van der Waals surface area (Å²) in [6, 6.07) is 7.22. The van der Waals surface area contributed by atoms with E-state index >= 15 is 0 Å². The number of anilines is 1. The molecule has 1 aromatic carbocycles. The molecule has 0 spiro atoms. The van der Waals surface area contributed by atoms with E-state index < -0.39 is 0 Å². The molecule has 23 heavy (non-hydrogen) atoms. The number of ether oxygens (including phenoxy) is 2. The molecule has 124 valence electrons. The van der Waals surface area contributed by atoms with Crippen LogP contribution < -0.4 is 10.1 Å². The molecule has 6 heteroatoms. The van der Waals surface area contributed by atoms with Gasteiger partial charge in [0.25, 0.3) is 5.91 Å². The van der Waals surface area contributed by atoms with Gasteiger partial charge in [-0.05, 0) is 31.9 Å². The van der Waals surface area contributed by atoms with Gasteiger partial charge in [-0.2, -0.15) is 0 Å². The topological polar surface area (TPSA) is 67.9 Å². The molecule has 1 aromatic rings. The largest absolute Gasteiger partial charge is 0.484 e. The van der Waals surface area contributed by atoms with E-state index in [0.29, 0.717) is 31.2 Å². The van der Waals surface area contributed by atoms with Gasteiger partial charge in [-0.25, -0.2) is 0 Å². The lowest BCUT2D eigenvalue weighted by atomic mass is 10.2. The second-order valence-corrected chi connectivity index (χ2v) is 6.09. The van der Waals surface area contributed by atoms with E-state index in [0.717, 1.165) is 12.8 Å². The number of carbonyl (C=O) groups excluding carboxylic acids is 2. The molecule has 2 amide bonds. The molecule has 3 rings (SSSR count). The standard InChI is InChI=1S/C17H22N2O4/c1-12-10-22-8-7-19(12)16(20)11-23-15-4-2-3-14(9-15)18-17(21)13-5-6-13/h2-4,9,12-13H,5-8,10-11H2,1H3,(H,18,21)/t12-/m0/s1. The van der Waals surface area contributed by atoms with Crippen molar-refractivity contribution in [2.45, 2.75) is 25.8 Å². The average Bonchev–Trinajstić information content (AvgIpc) is 3.38. The molecule has 0 aromatic heterocycles. The highest BCUT2D eigenvalue weighted by Gasteiger charge is 2.29. The van der Waals surface area contributed by atoms with E-state index in [-0.39, 0.29) is 30.4 Å². The SMILES string of the molecule is C[C@H]1COCCN1C(=O)COc1cccc(NC(=O)C2CC2)c1. The quantitative estimate of drug-likeness (QED) is 0.896. The zero-order valence-electron chi connectivity index (χ0n) is 13.3. The summed E-state index contributed by atoms with van der Waals surface area (Å²) in [6.45, 7) is 3.68. The molecule has 1 heterocycles. The van der Waals surface area contributed by atoms with Crippen LogP contribution in [0.1, 0.15) is 19.8 Å². The van der Waals surface area contributed by atoms with Gasteiger partial charge in [0, 0.05) is 24.2 Å². The van der Waals surface area contributed by atoms with E-state index in [4.69, 9.17) is 9.47 Å². The molecule has 1 saturated heterocycles. The van der Waals surface area contributed by atoms with Crippen molar-refractivity contribution in [1.82, 2.24) is 4.90 Å². The van der Waals surface area contributed by atoms with Crippen molar-refractivity contribution in [2.24, 2.45) is 5.92 Å². The van der Waals surface area contributed by atoms with E-state index in [9.17, 15) is 9.59 Å². The van der Waals surface area contributed by atoms with Crippen LogP contribution in [0.3, 0.4) is 0 Å². The first-order valence-electron chi connectivity index (χ1n) is 8.04. The highest BCUT2D eigenvalue weighted by molar-refractivity contribution is 5.94. The lowest BCUT2D eigenvalue weighted by molar-refractivity contribution is -0.141. The van der Waals surface area contributed by atoms with E-state index in [2.05, 4.69) is 5.32 Å². The Bertz CT molecular complexity index is 586. The van der Waals surface area contributed by atoms with Crippen LogP contribution >= 0.6 is 0 Å². The van der Waals surface area contributed by atoms with Crippen molar-refractivity contribution in [1.29, 1.82) is 0 Å². The summed E-state index contributed by atoms with van der Waals surface area (Å²) in [6.07, 6.45) is 1.93. The fourth-order valence-corrected chi connectivity index (χ4v) is 2.58. The van der Waals surface area contributed by atoms with Crippen LogP contribution in [-0.2, 0) is 14.3 Å². The predicted molar refractivity (Wildman–Crippen MR) is 85.3 cm³/mol. The second-order valence-electron chi connectivity index (χ2n) is 6.09. The summed E-state index contributed by atoms with van der Waals surface area (Å²) in [4.78, 5) is 25.8. The highest BCUT2D eigenvalue weighted by atomic mass is 16.5. The third-order valence-corrected chi connectivity index (χ3v) is 4.10. The van der Waals surface area contributed by atoms with Gasteiger partial charge in [0.15, 0.2) is 6.61 Å². The molecular formula is C17H22N2O4. The van der Waals surface area contributed by atoms with Crippen molar-refractivity contribution in [3.8, 4) is 5.75 Å². The first-order valence-corrected chi connectivity index (χ1v) is 8.04. The molecule has 0 bridgehead atoms. The van der Waals surface area contributed by atoms with Gasteiger partial charge in [0.2, 0.25) is 5.91 Å². The van der Waals surface area contributed by atoms with Crippen molar-refractivity contribution >= 4 is 17.5 Å². The Kier molecular flexibility index (Phi) is 4.81. The molecule has 1 aliphatic carbocycles. The summed E-state index contributed by atoms with van der Waals surface area (Å²) in [5.41, 5.74) is 0.701. The van der Waals surface area contributed by atoms with Crippen LogP contribution in [-0.4, -0.2) is 49.1 Å². The van der Waals surface area contributed by atoms with Crippen molar-refractivity contribution < 1.29 is 19.1 Å². The van der Waals surface area contributed by atoms with Crippen molar-refractivity contribution in [3.63, 3.8) is 0 Å². The minimum atomic E-state index is -0.0479. The lowest BCUT2D eigenvalue weighted by Gasteiger charge is -2.33. The maximum Gasteiger partial charge on any atom is 0.260 e. The maximum absolute atomic E-state index is 12.2. The molecule has 1 saturated carbocycles. The van der Waals surface area contributed by atoms with E-state index in [1.165, 1.54) is 0 Å². The summed E-state index contributed by atoms with van der Waals surface area (Å²) >= 11 is 0. The molecule has 2 fully saturated rings. The van der Waals surface area contributed by atoms with Gasteiger partial charge in [-0.1, -0.05) is 6.07 Å². The van der Waals surface area contributed by atoms with Crippen LogP contribution in [0.15, 0.2) is 24.3 Å². The molecule has 1 N–H and O–H groups in total. The monoisotopic (exact) mass is 318 g/mol. The first-order chi connectivity index (χ1) is 11.1.